The number of ether oxygens (including phenoxy) is 2. The molecule has 2 N–H and O–H groups in total. The summed E-state index contributed by atoms with van der Waals surface area (Å²) in [5.41, 5.74) is 0. The summed E-state index contributed by atoms with van der Waals surface area (Å²) in [5, 5.41) is 2.36. The Hall–Kier alpha value is -1.22. The number of nitrogens with two attached hydrogens (primary N) is 1. The summed E-state index contributed by atoms with van der Waals surface area (Å²) in [4.78, 5) is 0. The lowest BCUT2D eigenvalue weighted by atomic mass is 10.3. The molecule has 0 saturated heterocycles. The second-order valence-corrected chi connectivity index (χ2v) is 4.07. The van der Waals surface area contributed by atoms with Crippen LogP contribution in [0.2, 0.25) is 0 Å². The summed E-state index contributed by atoms with van der Waals surface area (Å²) >= 11 is 0. The van der Waals surface area contributed by atoms with Gasteiger partial charge in [-0.05, 0) is 18.6 Å². The third kappa shape index (κ3) is 5.59. The summed E-state index contributed by atoms with van der Waals surface area (Å²) in [5.74, 6) is 1.64. The van der Waals surface area contributed by atoms with Crippen molar-refractivity contribution < 1.29 is 14.8 Å². The first-order valence-electron chi connectivity index (χ1n) is 6.46. The van der Waals surface area contributed by atoms with Crippen molar-refractivity contribution in [3.8, 4) is 11.5 Å². The SMILES string of the molecule is CCCC[NH2+]CCCOc1ccccc1OC. The Labute approximate surface area is 104 Å². The van der Waals surface area contributed by atoms with Gasteiger partial charge in [0.15, 0.2) is 11.5 Å². The molecule has 96 valence electrons. The van der Waals surface area contributed by atoms with E-state index in [2.05, 4.69) is 12.2 Å². The van der Waals surface area contributed by atoms with Gasteiger partial charge in [0, 0.05) is 6.42 Å². The predicted octanol–water partition coefficient (Wildman–Crippen LogP) is 1.83. The Morgan fingerprint density at radius 2 is 1.76 bits per heavy atom. The second-order valence-electron chi connectivity index (χ2n) is 4.07. The molecule has 1 rings (SSSR count). The molecular formula is C14H24NO2+. The van der Waals surface area contributed by atoms with Gasteiger partial charge in [-0.3, -0.25) is 0 Å². The molecular weight excluding hydrogens is 214 g/mol. The van der Waals surface area contributed by atoms with E-state index in [1.165, 1.54) is 19.4 Å². The van der Waals surface area contributed by atoms with Gasteiger partial charge in [0.05, 0.1) is 26.8 Å². The monoisotopic (exact) mass is 238 g/mol. The smallest absolute Gasteiger partial charge is 0.161 e. The van der Waals surface area contributed by atoms with Crippen molar-refractivity contribution in [2.24, 2.45) is 0 Å². The standard InChI is InChI=1S/C14H23NO2/c1-3-4-10-15-11-7-12-17-14-9-6-5-8-13(14)16-2/h5-6,8-9,15H,3-4,7,10-12H2,1-2H3/p+1. The summed E-state index contributed by atoms with van der Waals surface area (Å²) in [6.45, 7) is 5.34. The lowest BCUT2D eigenvalue weighted by molar-refractivity contribution is -0.655. The van der Waals surface area contributed by atoms with Crippen LogP contribution in [0.1, 0.15) is 26.2 Å². The summed E-state index contributed by atoms with van der Waals surface area (Å²) in [7, 11) is 1.67. The molecule has 0 saturated carbocycles. The van der Waals surface area contributed by atoms with Gasteiger partial charge in [0.2, 0.25) is 0 Å². The van der Waals surface area contributed by atoms with Gasteiger partial charge in [0.1, 0.15) is 0 Å². The molecule has 3 heteroatoms. The van der Waals surface area contributed by atoms with Crippen molar-refractivity contribution in [2.75, 3.05) is 26.8 Å². The molecule has 0 aliphatic heterocycles. The number of benzene rings is 1. The molecule has 0 fully saturated rings. The molecule has 0 unspecified atom stereocenters. The van der Waals surface area contributed by atoms with Crippen LogP contribution in [0.15, 0.2) is 24.3 Å². The zero-order chi connectivity index (χ0) is 12.3. The van der Waals surface area contributed by atoms with Crippen LogP contribution in [-0.2, 0) is 0 Å². The first-order valence-corrected chi connectivity index (χ1v) is 6.46. The van der Waals surface area contributed by atoms with Gasteiger partial charge in [0.25, 0.3) is 0 Å². The van der Waals surface area contributed by atoms with Crippen LogP contribution in [0.5, 0.6) is 11.5 Å². The van der Waals surface area contributed by atoms with E-state index in [-0.39, 0.29) is 0 Å². The van der Waals surface area contributed by atoms with Crippen molar-refractivity contribution in [2.45, 2.75) is 26.2 Å². The minimum absolute atomic E-state index is 0.753. The summed E-state index contributed by atoms with van der Waals surface area (Å²) < 4.78 is 10.9. The van der Waals surface area contributed by atoms with Crippen molar-refractivity contribution >= 4 is 0 Å². The van der Waals surface area contributed by atoms with Crippen molar-refractivity contribution in [1.82, 2.24) is 0 Å². The maximum absolute atomic E-state index is 5.69. The number of unbranched alkanes of at least 4 members (excludes halogenated alkanes) is 1. The fourth-order valence-electron chi connectivity index (χ4n) is 1.64. The first-order chi connectivity index (χ1) is 8.38. The highest BCUT2D eigenvalue weighted by Gasteiger charge is 2.01. The quantitative estimate of drug-likeness (QED) is 0.666. The molecule has 0 atom stereocenters. The fourth-order valence-corrected chi connectivity index (χ4v) is 1.64. The molecule has 0 aliphatic carbocycles. The number of quaternary nitrogens is 1. The molecule has 3 nitrogen and oxygen atoms in total. The van der Waals surface area contributed by atoms with Gasteiger partial charge in [-0.25, -0.2) is 0 Å². The zero-order valence-electron chi connectivity index (χ0n) is 10.9. The highest BCUT2D eigenvalue weighted by atomic mass is 16.5. The van der Waals surface area contributed by atoms with Crippen LogP contribution in [0, 0.1) is 0 Å². The second kappa shape index (κ2) is 8.88. The molecule has 0 amide bonds. The van der Waals surface area contributed by atoms with Gasteiger partial charge in [-0.15, -0.1) is 0 Å². The Bertz CT molecular complexity index is 302. The Morgan fingerprint density at radius 1 is 1.06 bits per heavy atom. The first kappa shape index (κ1) is 13.8. The van der Waals surface area contributed by atoms with Crippen LogP contribution in [0.3, 0.4) is 0 Å². The maximum Gasteiger partial charge on any atom is 0.161 e. The molecule has 0 aromatic heterocycles. The average Bonchev–Trinajstić information content (AvgIpc) is 2.38. The molecule has 0 spiro atoms. The number of hydrogen-bond acceptors (Lipinski definition) is 2. The highest BCUT2D eigenvalue weighted by molar-refractivity contribution is 5.39. The van der Waals surface area contributed by atoms with E-state index in [0.29, 0.717) is 0 Å². The number of para-hydroxylation sites is 2. The van der Waals surface area contributed by atoms with E-state index < -0.39 is 0 Å². The maximum atomic E-state index is 5.69. The van der Waals surface area contributed by atoms with Gasteiger partial charge in [-0.1, -0.05) is 25.5 Å². The zero-order valence-corrected chi connectivity index (χ0v) is 10.9. The van der Waals surface area contributed by atoms with Crippen LogP contribution in [0.25, 0.3) is 0 Å². The Balaban J connectivity index is 2.13. The lowest BCUT2D eigenvalue weighted by Gasteiger charge is -2.09. The number of methoxy groups -OCH3 is 1. The van der Waals surface area contributed by atoms with Gasteiger partial charge < -0.3 is 14.8 Å². The minimum atomic E-state index is 0.753. The van der Waals surface area contributed by atoms with Crippen LogP contribution < -0.4 is 14.8 Å². The topological polar surface area (TPSA) is 35.1 Å². The number of rotatable bonds is 9. The number of hydrogen-bond donors (Lipinski definition) is 1. The minimum Gasteiger partial charge on any atom is -0.493 e. The summed E-state index contributed by atoms with van der Waals surface area (Å²) in [6, 6.07) is 7.78. The van der Waals surface area contributed by atoms with E-state index in [1.54, 1.807) is 7.11 Å². The molecule has 1 aromatic carbocycles. The van der Waals surface area contributed by atoms with E-state index in [0.717, 1.165) is 31.1 Å². The van der Waals surface area contributed by atoms with E-state index in [9.17, 15) is 0 Å². The molecule has 0 bridgehead atoms. The van der Waals surface area contributed by atoms with Crippen molar-refractivity contribution in [3.05, 3.63) is 24.3 Å². The lowest BCUT2D eigenvalue weighted by Crippen LogP contribution is -2.84. The third-order valence-electron chi connectivity index (χ3n) is 2.64. The Morgan fingerprint density at radius 3 is 2.47 bits per heavy atom. The van der Waals surface area contributed by atoms with E-state index in [4.69, 9.17) is 9.47 Å². The largest absolute Gasteiger partial charge is 0.493 e. The Kier molecular flexibility index (Phi) is 7.23. The van der Waals surface area contributed by atoms with Crippen LogP contribution in [-0.4, -0.2) is 26.8 Å². The average molecular weight is 238 g/mol. The van der Waals surface area contributed by atoms with Crippen molar-refractivity contribution in [3.63, 3.8) is 0 Å². The highest BCUT2D eigenvalue weighted by Crippen LogP contribution is 2.25. The predicted molar refractivity (Wildman–Crippen MR) is 69.7 cm³/mol. The van der Waals surface area contributed by atoms with Crippen LogP contribution in [0.4, 0.5) is 0 Å². The molecule has 0 heterocycles. The normalized spacial score (nSPS) is 10.2. The van der Waals surface area contributed by atoms with E-state index in [1.807, 2.05) is 24.3 Å². The fraction of sp³-hybridized carbons (Fsp3) is 0.571. The molecule has 0 aliphatic rings. The van der Waals surface area contributed by atoms with Gasteiger partial charge >= 0.3 is 0 Å². The molecule has 17 heavy (non-hydrogen) atoms. The molecule has 0 radical (unpaired) electrons. The van der Waals surface area contributed by atoms with Crippen molar-refractivity contribution in [1.29, 1.82) is 0 Å². The summed E-state index contributed by atoms with van der Waals surface area (Å²) in [6.07, 6.45) is 3.64. The third-order valence-corrected chi connectivity index (χ3v) is 2.64. The van der Waals surface area contributed by atoms with Crippen LogP contribution >= 0.6 is 0 Å². The van der Waals surface area contributed by atoms with Gasteiger partial charge in [-0.2, -0.15) is 0 Å². The van der Waals surface area contributed by atoms with E-state index >= 15 is 0 Å². The molecule has 1 aromatic rings.